The van der Waals surface area contributed by atoms with E-state index in [9.17, 15) is 28.8 Å². The molecule has 0 fully saturated rings. The van der Waals surface area contributed by atoms with Crippen molar-refractivity contribution in [2.75, 3.05) is 23.8 Å². The molecule has 2 atom stereocenters. The highest BCUT2D eigenvalue weighted by Gasteiger charge is 2.37. The first-order valence-corrected chi connectivity index (χ1v) is 22.0. The molecule has 0 bridgehead atoms. The Hall–Kier alpha value is -7.48. The molecule has 0 aliphatic rings. The van der Waals surface area contributed by atoms with Crippen molar-refractivity contribution in [3.05, 3.63) is 146 Å². The second-order valence-electron chi connectivity index (χ2n) is 18.3. The summed E-state index contributed by atoms with van der Waals surface area (Å²) in [6.07, 6.45) is -4.26. The van der Waals surface area contributed by atoms with Crippen LogP contribution >= 0.6 is 0 Å². The van der Waals surface area contributed by atoms with Crippen molar-refractivity contribution in [1.29, 1.82) is 0 Å². The number of hydrogen-bond acceptors (Lipinski definition) is 12. The lowest BCUT2D eigenvalue weighted by Gasteiger charge is -2.31. The number of carbonyl (C=O) groups is 6. The summed E-state index contributed by atoms with van der Waals surface area (Å²) in [5.41, 5.74) is 0.545. The first-order chi connectivity index (χ1) is 31.9. The third-order valence-electron chi connectivity index (χ3n) is 10.2. The van der Waals surface area contributed by atoms with Crippen molar-refractivity contribution in [2.45, 2.75) is 98.1 Å². The molecule has 0 aliphatic carbocycles. The number of anilines is 2. The van der Waals surface area contributed by atoms with E-state index < -0.39 is 71.5 Å². The fraction of sp³-hybridized carbons (Fsp3) is 0.333. The highest BCUT2D eigenvalue weighted by atomic mass is 16.6. The van der Waals surface area contributed by atoms with Crippen molar-refractivity contribution >= 4 is 47.4 Å². The third-order valence-corrected chi connectivity index (χ3v) is 10.2. The Labute approximate surface area is 398 Å². The molecule has 0 saturated carbocycles. The Morgan fingerprint density at radius 3 is 1.32 bits per heavy atom. The van der Waals surface area contributed by atoms with E-state index in [4.69, 9.17) is 28.4 Å². The lowest BCUT2D eigenvalue weighted by molar-refractivity contribution is -0.163. The van der Waals surface area contributed by atoms with Gasteiger partial charge in [0.1, 0.15) is 36.6 Å². The van der Waals surface area contributed by atoms with Crippen LogP contribution in [0.15, 0.2) is 146 Å². The molecular formula is C54H62N2O12. The first-order valence-electron chi connectivity index (χ1n) is 22.0. The maximum absolute atomic E-state index is 13.7. The smallest absolute Gasteiger partial charge is 0.412 e. The van der Waals surface area contributed by atoms with E-state index in [1.54, 1.807) is 65.8 Å². The number of nitrogens with one attached hydrogen (secondary N) is 2. The summed E-state index contributed by atoms with van der Waals surface area (Å²) in [7, 11) is 0. The highest BCUT2D eigenvalue weighted by molar-refractivity contribution is 5.93. The summed E-state index contributed by atoms with van der Waals surface area (Å²) in [5.74, 6) is -2.95. The second kappa shape index (κ2) is 23.8. The number of benzene rings is 4. The van der Waals surface area contributed by atoms with Crippen molar-refractivity contribution in [3.63, 3.8) is 0 Å². The molecule has 14 nitrogen and oxygen atoms in total. The predicted molar refractivity (Wildman–Crippen MR) is 260 cm³/mol. The van der Waals surface area contributed by atoms with Gasteiger partial charge in [-0.1, -0.05) is 117 Å². The van der Waals surface area contributed by atoms with Crippen LogP contribution in [0, 0.1) is 5.41 Å². The SMILES string of the molecule is C=C(C)C(=O)OCC(CC(C)(C)OC(=O)C(=C)CC(C)(C)C(=O)OCC(CC(C)(C)OC(=O)C(=C)C)OC(=O)Nc1ccccc1-c1ccccc1)OC(=O)Nc1ccccc1-c1ccccc1. The monoisotopic (exact) mass is 930 g/mol. The number of esters is 4. The summed E-state index contributed by atoms with van der Waals surface area (Å²) < 4.78 is 34.1. The fourth-order valence-electron chi connectivity index (χ4n) is 6.95. The van der Waals surface area contributed by atoms with Crippen molar-refractivity contribution < 1.29 is 57.2 Å². The largest absolute Gasteiger partial charge is 0.461 e. The molecule has 0 heterocycles. The van der Waals surface area contributed by atoms with Crippen LogP contribution in [0.2, 0.25) is 0 Å². The van der Waals surface area contributed by atoms with Gasteiger partial charge in [-0.15, -0.1) is 0 Å². The van der Waals surface area contributed by atoms with Gasteiger partial charge >= 0.3 is 36.1 Å². The van der Waals surface area contributed by atoms with Crippen LogP contribution in [0.1, 0.15) is 74.7 Å². The van der Waals surface area contributed by atoms with Gasteiger partial charge in [-0.3, -0.25) is 15.4 Å². The van der Waals surface area contributed by atoms with Gasteiger partial charge < -0.3 is 28.4 Å². The Morgan fingerprint density at radius 2 is 0.897 bits per heavy atom. The minimum absolute atomic E-state index is 0.0681. The normalized spacial score (nSPS) is 12.2. The predicted octanol–water partition coefficient (Wildman–Crippen LogP) is 11.2. The summed E-state index contributed by atoms with van der Waals surface area (Å²) in [6, 6.07) is 33.2. The minimum Gasteiger partial charge on any atom is -0.461 e. The molecule has 0 aliphatic heterocycles. The van der Waals surface area contributed by atoms with Gasteiger partial charge in [-0.25, -0.2) is 24.0 Å². The van der Waals surface area contributed by atoms with Crippen LogP contribution in [0.4, 0.5) is 21.0 Å². The molecule has 14 heteroatoms. The summed E-state index contributed by atoms with van der Waals surface area (Å²) in [4.78, 5) is 78.9. The molecule has 4 rings (SSSR count). The number of para-hydroxylation sites is 2. The zero-order valence-electron chi connectivity index (χ0n) is 40.1. The van der Waals surface area contributed by atoms with E-state index in [1.807, 2.05) is 84.9 Å². The number of rotatable bonds is 22. The van der Waals surface area contributed by atoms with Crippen LogP contribution in [-0.4, -0.2) is 72.7 Å². The van der Waals surface area contributed by atoms with Gasteiger partial charge in [0, 0.05) is 40.7 Å². The summed E-state index contributed by atoms with van der Waals surface area (Å²) in [5, 5.41) is 5.54. The standard InChI is InChI=1S/C54H62N2O12/c1-35(2)46(57)63-33-40(65-50(61)55-44-28-20-18-26-42(44)38-22-14-12-15-23-38)31-54(10,11)68-48(59)37(5)30-52(6,7)49(60)64-34-41(32-53(8,9)67-47(58)36(3)4)66-51(62)56-45-29-21-19-27-43(45)39-24-16-13-17-25-39/h12-29,40-41H,1,3,5,30-34H2,2,4,6-11H3,(H,55,61)(H,56,62). The van der Waals surface area contributed by atoms with Crippen LogP contribution in [0.25, 0.3) is 22.3 Å². The average molecular weight is 931 g/mol. The van der Waals surface area contributed by atoms with E-state index >= 15 is 0 Å². The maximum atomic E-state index is 13.7. The van der Waals surface area contributed by atoms with Crippen LogP contribution in [0.5, 0.6) is 0 Å². The minimum atomic E-state index is -1.35. The molecule has 0 saturated heterocycles. The Balaban J connectivity index is 1.42. The molecule has 0 radical (unpaired) electrons. The number of hydrogen-bond donors (Lipinski definition) is 2. The molecule has 68 heavy (non-hydrogen) atoms. The molecule has 4 aromatic carbocycles. The zero-order valence-corrected chi connectivity index (χ0v) is 40.1. The van der Waals surface area contributed by atoms with Gasteiger partial charge in [0.15, 0.2) is 0 Å². The molecule has 360 valence electrons. The Morgan fingerprint density at radius 1 is 0.515 bits per heavy atom. The van der Waals surface area contributed by atoms with Crippen molar-refractivity contribution in [2.24, 2.45) is 5.41 Å². The highest BCUT2D eigenvalue weighted by Crippen LogP contribution is 2.32. The number of carbonyl (C=O) groups excluding carboxylic acids is 6. The maximum Gasteiger partial charge on any atom is 0.412 e. The molecular weight excluding hydrogens is 869 g/mol. The summed E-state index contributed by atoms with van der Waals surface area (Å²) in [6.45, 7) is 22.8. The molecule has 2 amide bonds. The lowest BCUT2D eigenvalue weighted by atomic mass is 9.86. The molecule has 4 aromatic rings. The van der Waals surface area contributed by atoms with E-state index in [0.717, 1.165) is 22.3 Å². The van der Waals surface area contributed by atoms with Crippen molar-refractivity contribution in [3.8, 4) is 22.3 Å². The Kier molecular flexibility index (Phi) is 18.6. The molecule has 0 aromatic heterocycles. The number of amides is 2. The van der Waals surface area contributed by atoms with Gasteiger partial charge in [0.2, 0.25) is 0 Å². The fourth-order valence-corrected chi connectivity index (χ4v) is 6.95. The zero-order chi connectivity index (χ0) is 50.2. The van der Waals surface area contributed by atoms with Gasteiger partial charge in [-0.05, 0) is 85.1 Å². The third kappa shape index (κ3) is 16.7. The topological polar surface area (TPSA) is 182 Å². The lowest BCUT2D eigenvalue weighted by Crippen LogP contribution is -2.39. The van der Waals surface area contributed by atoms with Gasteiger partial charge in [0.25, 0.3) is 0 Å². The molecule has 2 unspecified atom stereocenters. The number of ether oxygens (including phenoxy) is 6. The Bertz CT molecular complexity index is 2480. The van der Waals surface area contributed by atoms with E-state index in [-0.39, 0.29) is 42.6 Å². The van der Waals surface area contributed by atoms with E-state index in [0.29, 0.717) is 11.4 Å². The van der Waals surface area contributed by atoms with Gasteiger partial charge in [0.05, 0.1) is 16.8 Å². The van der Waals surface area contributed by atoms with Gasteiger partial charge in [-0.2, -0.15) is 0 Å². The molecule has 0 spiro atoms. The quantitative estimate of drug-likeness (QED) is 0.0433. The van der Waals surface area contributed by atoms with E-state index in [1.165, 1.54) is 13.8 Å². The molecule has 2 N–H and O–H groups in total. The van der Waals surface area contributed by atoms with Crippen LogP contribution < -0.4 is 10.6 Å². The van der Waals surface area contributed by atoms with Crippen LogP contribution in [-0.2, 0) is 47.6 Å². The average Bonchev–Trinajstić information content (AvgIpc) is 3.27. The van der Waals surface area contributed by atoms with Crippen molar-refractivity contribution in [1.82, 2.24) is 0 Å². The first kappa shape index (κ1) is 53.1. The summed E-state index contributed by atoms with van der Waals surface area (Å²) >= 11 is 0. The van der Waals surface area contributed by atoms with Crippen LogP contribution in [0.3, 0.4) is 0 Å². The second-order valence-corrected chi connectivity index (χ2v) is 18.3. The van der Waals surface area contributed by atoms with E-state index in [2.05, 4.69) is 30.4 Å².